The maximum atomic E-state index is 10.9. The zero-order valence-corrected chi connectivity index (χ0v) is 11.3. The van der Waals surface area contributed by atoms with Crippen LogP contribution in [0.1, 0.15) is 33.6 Å². The SMILES string of the molecule is CCC(CC)Nc1ccc(NC(C)=O)c(Cl)c1. The Labute approximate surface area is 108 Å². The lowest BCUT2D eigenvalue weighted by atomic mass is 10.1. The van der Waals surface area contributed by atoms with Gasteiger partial charge < -0.3 is 10.6 Å². The standard InChI is InChI=1S/C13H19ClN2O/c1-4-10(5-2)16-11-6-7-13(12(14)8-11)15-9(3)17/h6-8,10,16H,4-5H2,1-3H3,(H,15,17). The van der Waals surface area contributed by atoms with Gasteiger partial charge >= 0.3 is 0 Å². The largest absolute Gasteiger partial charge is 0.382 e. The molecule has 0 spiro atoms. The van der Waals surface area contributed by atoms with Gasteiger partial charge in [-0.05, 0) is 31.0 Å². The van der Waals surface area contributed by atoms with E-state index in [0.717, 1.165) is 18.5 Å². The molecule has 1 aromatic rings. The Balaban J connectivity index is 2.77. The number of carbonyl (C=O) groups is 1. The first-order chi connectivity index (χ1) is 8.06. The van der Waals surface area contributed by atoms with Gasteiger partial charge in [0.1, 0.15) is 0 Å². The molecule has 1 aromatic carbocycles. The Bertz CT molecular complexity index is 389. The lowest BCUT2D eigenvalue weighted by Gasteiger charge is -2.17. The van der Waals surface area contributed by atoms with Crippen molar-refractivity contribution in [1.82, 2.24) is 0 Å². The number of hydrogen-bond donors (Lipinski definition) is 2. The van der Waals surface area contributed by atoms with Gasteiger partial charge in [0.05, 0.1) is 10.7 Å². The molecule has 0 radical (unpaired) electrons. The highest BCUT2D eigenvalue weighted by molar-refractivity contribution is 6.34. The second-order valence-electron chi connectivity index (χ2n) is 4.03. The summed E-state index contributed by atoms with van der Waals surface area (Å²) in [6.07, 6.45) is 2.14. The zero-order valence-electron chi connectivity index (χ0n) is 10.5. The van der Waals surface area contributed by atoms with Gasteiger partial charge in [-0.1, -0.05) is 25.4 Å². The average molecular weight is 255 g/mol. The summed E-state index contributed by atoms with van der Waals surface area (Å²) >= 11 is 6.09. The van der Waals surface area contributed by atoms with Crippen molar-refractivity contribution < 1.29 is 4.79 Å². The van der Waals surface area contributed by atoms with E-state index in [9.17, 15) is 4.79 Å². The molecule has 1 amide bonds. The van der Waals surface area contributed by atoms with Crippen LogP contribution >= 0.6 is 11.6 Å². The third-order valence-electron chi connectivity index (χ3n) is 2.64. The fraction of sp³-hybridized carbons (Fsp3) is 0.462. The molecular formula is C13H19ClN2O. The molecule has 0 aromatic heterocycles. The maximum Gasteiger partial charge on any atom is 0.221 e. The molecule has 0 fully saturated rings. The molecule has 0 aliphatic heterocycles. The van der Waals surface area contributed by atoms with E-state index in [1.807, 2.05) is 18.2 Å². The van der Waals surface area contributed by atoms with Gasteiger partial charge in [0.2, 0.25) is 5.91 Å². The van der Waals surface area contributed by atoms with Crippen LogP contribution in [0.25, 0.3) is 0 Å². The van der Waals surface area contributed by atoms with Gasteiger partial charge in [0, 0.05) is 18.7 Å². The summed E-state index contributed by atoms with van der Waals surface area (Å²) in [6.45, 7) is 5.76. The molecule has 0 heterocycles. The molecule has 0 unspecified atom stereocenters. The van der Waals surface area contributed by atoms with Crippen molar-refractivity contribution in [3.63, 3.8) is 0 Å². The lowest BCUT2D eigenvalue weighted by Crippen LogP contribution is -2.17. The number of anilines is 2. The molecule has 0 saturated heterocycles. The van der Waals surface area contributed by atoms with Crippen LogP contribution in [-0.4, -0.2) is 11.9 Å². The van der Waals surface area contributed by atoms with Gasteiger partial charge in [-0.3, -0.25) is 4.79 Å². The molecular weight excluding hydrogens is 236 g/mol. The summed E-state index contributed by atoms with van der Waals surface area (Å²) in [5, 5.41) is 6.64. The van der Waals surface area contributed by atoms with E-state index < -0.39 is 0 Å². The number of carbonyl (C=O) groups excluding carboxylic acids is 1. The highest BCUT2D eigenvalue weighted by Gasteiger charge is 2.06. The third-order valence-corrected chi connectivity index (χ3v) is 2.95. The zero-order chi connectivity index (χ0) is 12.8. The quantitative estimate of drug-likeness (QED) is 0.837. The first-order valence-electron chi connectivity index (χ1n) is 5.90. The summed E-state index contributed by atoms with van der Waals surface area (Å²) in [4.78, 5) is 10.9. The molecule has 0 saturated carbocycles. The van der Waals surface area contributed by atoms with Crippen molar-refractivity contribution in [3.05, 3.63) is 23.2 Å². The van der Waals surface area contributed by atoms with E-state index in [-0.39, 0.29) is 5.91 Å². The summed E-state index contributed by atoms with van der Waals surface area (Å²) in [5.41, 5.74) is 1.63. The van der Waals surface area contributed by atoms with Crippen molar-refractivity contribution in [1.29, 1.82) is 0 Å². The highest BCUT2D eigenvalue weighted by atomic mass is 35.5. The monoisotopic (exact) mass is 254 g/mol. The Kier molecular flexibility index (Phi) is 5.29. The van der Waals surface area contributed by atoms with Gasteiger partial charge in [-0.15, -0.1) is 0 Å². The van der Waals surface area contributed by atoms with Crippen LogP contribution in [0.2, 0.25) is 5.02 Å². The van der Waals surface area contributed by atoms with Crippen molar-refractivity contribution in [3.8, 4) is 0 Å². The van der Waals surface area contributed by atoms with E-state index in [1.54, 1.807) is 0 Å². The predicted molar refractivity (Wildman–Crippen MR) is 73.7 cm³/mol. The number of rotatable bonds is 5. The van der Waals surface area contributed by atoms with E-state index in [2.05, 4.69) is 24.5 Å². The topological polar surface area (TPSA) is 41.1 Å². The minimum Gasteiger partial charge on any atom is -0.382 e. The van der Waals surface area contributed by atoms with Crippen LogP contribution in [0.5, 0.6) is 0 Å². The molecule has 17 heavy (non-hydrogen) atoms. The normalized spacial score (nSPS) is 10.4. The fourth-order valence-electron chi connectivity index (χ4n) is 1.62. The van der Waals surface area contributed by atoms with Gasteiger partial charge in [-0.25, -0.2) is 0 Å². The molecule has 0 aliphatic carbocycles. The summed E-state index contributed by atoms with van der Waals surface area (Å²) in [7, 11) is 0. The second kappa shape index (κ2) is 6.50. The van der Waals surface area contributed by atoms with Crippen LogP contribution in [0.4, 0.5) is 11.4 Å². The number of benzene rings is 1. The number of amides is 1. The fourth-order valence-corrected chi connectivity index (χ4v) is 1.85. The first-order valence-corrected chi connectivity index (χ1v) is 6.28. The molecule has 4 heteroatoms. The van der Waals surface area contributed by atoms with Crippen molar-refractivity contribution >= 4 is 28.9 Å². The predicted octanol–water partition coefficient (Wildman–Crippen LogP) is 3.90. The molecule has 3 nitrogen and oxygen atoms in total. The van der Waals surface area contributed by atoms with Gasteiger partial charge in [-0.2, -0.15) is 0 Å². The highest BCUT2D eigenvalue weighted by Crippen LogP contribution is 2.26. The summed E-state index contributed by atoms with van der Waals surface area (Å²) in [6, 6.07) is 6.03. The molecule has 1 rings (SSSR count). The van der Waals surface area contributed by atoms with Crippen LogP contribution < -0.4 is 10.6 Å². The van der Waals surface area contributed by atoms with Crippen molar-refractivity contribution in [2.45, 2.75) is 39.7 Å². The third kappa shape index (κ3) is 4.27. The minimum absolute atomic E-state index is 0.118. The Morgan fingerprint density at radius 2 is 2.00 bits per heavy atom. The van der Waals surface area contributed by atoms with Crippen molar-refractivity contribution in [2.75, 3.05) is 10.6 Å². The summed E-state index contributed by atoms with van der Waals surface area (Å²) in [5.74, 6) is -0.118. The maximum absolute atomic E-state index is 10.9. The number of hydrogen-bond acceptors (Lipinski definition) is 2. The average Bonchev–Trinajstić information content (AvgIpc) is 2.29. The number of nitrogens with one attached hydrogen (secondary N) is 2. The lowest BCUT2D eigenvalue weighted by molar-refractivity contribution is -0.114. The van der Waals surface area contributed by atoms with E-state index >= 15 is 0 Å². The van der Waals surface area contributed by atoms with E-state index in [0.29, 0.717) is 16.8 Å². The van der Waals surface area contributed by atoms with E-state index in [4.69, 9.17) is 11.6 Å². The molecule has 0 atom stereocenters. The number of halogens is 1. The molecule has 0 aliphatic rings. The molecule has 2 N–H and O–H groups in total. The van der Waals surface area contributed by atoms with Crippen LogP contribution in [0, 0.1) is 0 Å². The minimum atomic E-state index is -0.118. The van der Waals surface area contributed by atoms with Gasteiger partial charge in [0.25, 0.3) is 0 Å². The Hall–Kier alpha value is -1.22. The van der Waals surface area contributed by atoms with Crippen LogP contribution in [0.3, 0.4) is 0 Å². The Morgan fingerprint density at radius 3 is 2.47 bits per heavy atom. The smallest absolute Gasteiger partial charge is 0.221 e. The van der Waals surface area contributed by atoms with Crippen LogP contribution in [0.15, 0.2) is 18.2 Å². The van der Waals surface area contributed by atoms with Gasteiger partial charge in [0.15, 0.2) is 0 Å². The first kappa shape index (κ1) is 13.8. The van der Waals surface area contributed by atoms with Crippen molar-refractivity contribution in [2.24, 2.45) is 0 Å². The molecule has 94 valence electrons. The Morgan fingerprint density at radius 1 is 1.35 bits per heavy atom. The second-order valence-corrected chi connectivity index (χ2v) is 4.44. The van der Waals surface area contributed by atoms with E-state index in [1.165, 1.54) is 6.92 Å². The molecule has 0 bridgehead atoms. The summed E-state index contributed by atoms with van der Waals surface area (Å²) < 4.78 is 0. The van der Waals surface area contributed by atoms with Crippen LogP contribution in [-0.2, 0) is 4.79 Å².